The molecule has 1 aliphatic rings. The third kappa shape index (κ3) is 3.36. The van der Waals surface area contributed by atoms with Gasteiger partial charge in [0.05, 0.1) is 11.3 Å². The first-order valence-electron chi connectivity index (χ1n) is 8.40. The lowest BCUT2D eigenvalue weighted by Crippen LogP contribution is -2.35. The number of rotatable bonds is 5. The van der Waals surface area contributed by atoms with Gasteiger partial charge in [-0.1, -0.05) is 36.4 Å². The summed E-state index contributed by atoms with van der Waals surface area (Å²) in [7, 11) is 3.80. The van der Waals surface area contributed by atoms with Crippen LogP contribution in [0.1, 0.15) is 17.3 Å². The van der Waals surface area contributed by atoms with Gasteiger partial charge >= 0.3 is 0 Å². The fourth-order valence-electron chi connectivity index (χ4n) is 3.02. The van der Waals surface area contributed by atoms with Crippen LogP contribution in [0.25, 0.3) is 5.76 Å². The molecule has 1 unspecified atom stereocenters. The second-order valence-corrected chi connectivity index (χ2v) is 6.42. The van der Waals surface area contributed by atoms with E-state index in [1.165, 1.54) is 4.90 Å². The number of pyridine rings is 1. The number of aliphatic hydroxyl groups is 1. The number of benzene rings is 1. The van der Waals surface area contributed by atoms with E-state index in [9.17, 15) is 14.7 Å². The van der Waals surface area contributed by atoms with Gasteiger partial charge < -0.3 is 14.9 Å². The minimum absolute atomic E-state index is 0.0821. The van der Waals surface area contributed by atoms with E-state index in [1.54, 1.807) is 48.7 Å². The van der Waals surface area contributed by atoms with Crippen molar-refractivity contribution in [1.82, 2.24) is 14.8 Å². The summed E-state index contributed by atoms with van der Waals surface area (Å²) in [5, 5.41) is 10.8. The average molecular weight is 351 g/mol. The van der Waals surface area contributed by atoms with E-state index >= 15 is 0 Å². The number of ketones is 1. The average Bonchev–Trinajstić information content (AvgIpc) is 2.91. The van der Waals surface area contributed by atoms with Crippen LogP contribution >= 0.6 is 0 Å². The van der Waals surface area contributed by atoms with Crippen LogP contribution in [-0.2, 0) is 9.59 Å². The zero-order chi connectivity index (χ0) is 18.7. The highest BCUT2D eigenvalue weighted by Crippen LogP contribution is 2.38. The van der Waals surface area contributed by atoms with Gasteiger partial charge in [0.25, 0.3) is 11.7 Å². The van der Waals surface area contributed by atoms with Crippen LogP contribution in [0.5, 0.6) is 0 Å². The molecule has 1 amide bonds. The molecule has 0 bridgehead atoms. The molecular weight excluding hydrogens is 330 g/mol. The van der Waals surface area contributed by atoms with Gasteiger partial charge in [-0.25, -0.2) is 0 Å². The van der Waals surface area contributed by atoms with Gasteiger partial charge in [-0.3, -0.25) is 14.6 Å². The normalized spacial score (nSPS) is 19.3. The zero-order valence-corrected chi connectivity index (χ0v) is 14.8. The molecule has 6 heteroatoms. The topological polar surface area (TPSA) is 73.7 Å². The minimum Gasteiger partial charge on any atom is -0.507 e. The Morgan fingerprint density at radius 2 is 1.81 bits per heavy atom. The molecule has 6 nitrogen and oxygen atoms in total. The van der Waals surface area contributed by atoms with E-state index in [-0.39, 0.29) is 11.3 Å². The lowest BCUT2D eigenvalue weighted by atomic mass is 9.98. The van der Waals surface area contributed by atoms with Gasteiger partial charge in [0.2, 0.25) is 0 Å². The smallest absolute Gasteiger partial charge is 0.295 e. The number of aliphatic hydroxyl groups excluding tert-OH is 1. The highest BCUT2D eigenvalue weighted by molar-refractivity contribution is 6.46. The van der Waals surface area contributed by atoms with Gasteiger partial charge in [-0.2, -0.15) is 0 Å². The summed E-state index contributed by atoms with van der Waals surface area (Å²) >= 11 is 0. The summed E-state index contributed by atoms with van der Waals surface area (Å²) in [5.74, 6) is -1.47. The number of amides is 1. The number of carbonyl (C=O) groups excluding carboxylic acids is 2. The Hall–Kier alpha value is -2.99. The van der Waals surface area contributed by atoms with Crippen molar-refractivity contribution in [2.45, 2.75) is 6.04 Å². The van der Waals surface area contributed by atoms with E-state index in [4.69, 9.17) is 0 Å². The highest BCUT2D eigenvalue weighted by Gasteiger charge is 2.46. The number of likely N-dealkylation sites (N-methyl/N-ethyl adjacent to an activating group) is 1. The van der Waals surface area contributed by atoms with Crippen LogP contribution < -0.4 is 0 Å². The Kier molecular flexibility index (Phi) is 5.14. The molecular formula is C20H21N3O3. The summed E-state index contributed by atoms with van der Waals surface area (Å²) in [6.07, 6.45) is 1.61. The predicted octanol–water partition coefficient (Wildman–Crippen LogP) is 2.06. The summed E-state index contributed by atoms with van der Waals surface area (Å²) in [4.78, 5) is 33.1. The Labute approximate surface area is 152 Å². The number of aromatic nitrogens is 1. The number of nitrogens with zero attached hydrogens (tertiary/aromatic N) is 3. The van der Waals surface area contributed by atoms with Gasteiger partial charge in [0.1, 0.15) is 11.8 Å². The lowest BCUT2D eigenvalue weighted by Gasteiger charge is -2.25. The maximum atomic E-state index is 12.7. The molecule has 26 heavy (non-hydrogen) atoms. The van der Waals surface area contributed by atoms with E-state index in [1.807, 2.05) is 25.1 Å². The maximum absolute atomic E-state index is 12.7. The second-order valence-electron chi connectivity index (χ2n) is 6.42. The third-order valence-corrected chi connectivity index (χ3v) is 4.34. The molecule has 1 aromatic carbocycles. The molecule has 1 aromatic heterocycles. The van der Waals surface area contributed by atoms with Crippen molar-refractivity contribution in [3.05, 3.63) is 71.6 Å². The number of Topliss-reactive ketones (excluding diaryl/α,β-unsaturated/α-hetero) is 1. The maximum Gasteiger partial charge on any atom is 0.295 e. The van der Waals surface area contributed by atoms with Crippen LogP contribution in [0.2, 0.25) is 0 Å². The van der Waals surface area contributed by atoms with Crippen LogP contribution in [0.4, 0.5) is 0 Å². The van der Waals surface area contributed by atoms with Gasteiger partial charge in [0.15, 0.2) is 0 Å². The largest absolute Gasteiger partial charge is 0.507 e. The fourth-order valence-corrected chi connectivity index (χ4v) is 3.02. The highest BCUT2D eigenvalue weighted by atomic mass is 16.3. The molecule has 2 heterocycles. The van der Waals surface area contributed by atoms with Crippen molar-refractivity contribution in [2.24, 2.45) is 0 Å². The second kappa shape index (κ2) is 7.49. The Balaban J connectivity index is 2.12. The van der Waals surface area contributed by atoms with Crippen molar-refractivity contribution in [3.8, 4) is 0 Å². The monoisotopic (exact) mass is 351 g/mol. The van der Waals surface area contributed by atoms with Crippen molar-refractivity contribution < 1.29 is 14.7 Å². The van der Waals surface area contributed by atoms with Crippen LogP contribution in [0.15, 0.2) is 60.3 Å². The first-order valence-corrected chi connectivity index (χ1v) is 8.40. The van der Waals surface area contributed by atoms with Crippen LogP contribution in [-0.4, -0.2) is 58.8 Å². The molecule has 1 aliphatic heterocycles. The number of hydrogen-bond donors (Lipinski definition) is 1. The summed E-state index contributed by atoms with van der Waals surface area (Å²) in [6.45, 7) is 0.964. The standard InChI is InChI=1S/C20H21N3O3/c1-22(2)12-13-23-17(15-10-6-7-11-21-15)16(19(25)20(23)26)18(24)14-8-4-3-5-9-14/h3-11,17,24H,12-13H2,1-2H3/b18-16-. The third-order valence-electron chi connectivity index (χ3n) is 4.34. The summed E-state index contributed by atoms with van der Waals surface area (Å²) in [5.41, 5.74) is 1.14. The minimum atomic E-state index is -0.698. The molecule has 0 aliphatic carbocycles. The Morgan fingerprint density at radius 1 is 1.12 bits per heavy atom. The molecule has 0 saturated carbocycles. The number of carbonyl (C=O) groups is 2. The van der Waals surface area contributed by atoms with Gasteiger partial charge in [0, 0.05) is 24.8 Å². The number of likely N-dealkylation sites (tertiary alicyclic amines) is 1. The van der Waals surface area contributed by atoms with Gasteiger partial charge in [-0.05, 0) is 26.2 Å². The summed E-state index contributed by atoms with van der Waals surface area (Å²) in [6, 6.07) is 13.4. The Morgan fingerprint density at radius 3 is 2.42 bits per heavy atom. The molecule has 0 spiro atoms. The SMILES string of the molecule is CN(C)CCN1C(=O)C(=O)/C(=C(\O)c2ccccc2)C1c1ccccn1. The van der Waals surface area contributed by atoms with Crippen molar-refractivity contribution in [1.29, 1.82) is 0 Å². The van der Waals surface area contributed by atoms with E-state index < -0.39 is 17.7 Å². The first kappa shape index (κ1) is 17.8. The predicted molar refractivity (Wildman–Crippen MR) is 98.2 cm³/mol. The van der Waals surface area contributed by atoms with Crippen LogP contribution in [0.3, 0.4) is 0 Å². The molecule has 1 N–H and O–H groups in total. The van der Waals surface area contributed by atoms with E-state index in [0.29, 0.717) is 24.3 Å². The van der Waals surface area contributed by atoms with E-state index in [2.05, 4.69) is 4.98 Å². The summed E-state index contributed by atoms with van der Waals surface area (Å²) < 4.78 is 0. The number of hydrogen-bond acceptors (Lipinski definition) is 5. The first-order chi connectivity index (χ1) is 12.5. The van der Waals surface area contributed by atoms with Crippen molar-refractivity contribution in [2.75, 3.05) is 27.2 Å². The van der Waals surface area contributed by atoms with E-state index in [0.717, 1.165) is 0 Å². The quantitative estimate of drug-likeness (QED) is 0.507. The van der Waals surface area contributed by atoms with Gasteiger partial charge in [-0.15, -0.1) is 0 Å². The van der Waals surface area contributed by atoms with Crippen LogP contribution in [0, 0.1) is 0 Å². The molecule has 1 fully saturated rings. The molecule has 3 rings (SSSR count). The molecule has 2 aromatic rings. The molecule has 1 atom stereocenters. The Bertz CT molecular complexity index is 832. The fraction of sp³-hybridized carbons (Fsp3) is 0.250. The molecule has 0 radical (unpaired) electrons. The van der Waals surface area contributed by atoms with Crippen molar-refractivity contribution >= 4 is 17.4 Å². The lowest BCUT2D eigenvalue weighted by molar-refractivity contribution is -0.140. The molecule has 134 valence electrons. The zero-order valence-electron chi connectivity index (χ0n) is 14.8. The molecule has 1 saturated heterocycles. The van der Waals surface area contributed by atoms with Crippen molar-refractivity contribution in [3.63, 3.8) is 0 Å².